The predicted octanol–water partition coefficient (Wildman–Crippen LogP) is 2.32. The normalized spacial score (nSPS) is 18.9. The molecule has 2 aliphatic heterocycles. The lowest BCUT2D eigenvalue weighted by molar-refractivity contribution is 0.0320. The topological polar surface area (TPSA) is 89.3 Å². The summed E-state index contributed by atoms with van der Waals surface area (Å²) in [6, 6.07) is 8.18. The number of rotatable bonds is 12. The van der Waals surface area contributed by atoms with Crippen molar-refractivity contribution in [2.75, 3.05) is 59.2 Å². The first-order chi connectivity index (χ1) is 16.7. The molecule has 4 rings (SSSR count). The van der Waals surface area contributed by atoms with Crippen molar-refractivity contribution in [3.63, 3.8) is 0 Å². The molecule has 0 radical (unpaired) electrons. The van der Waals surface area contributed by atoms with Crippen LogP contribution in [0.2, 0.25) is 0 Å². The molecule has 2 aromatic rings. The summed E-state index contributed by atoms with van der Waals surface area (Å²) in [6.07, 6.45) is 3.56. The number of hydrogen-bond donors (Lipinski definition) is 1. The number of carbonyl (C=O) groups excluding carboxylic acids is 1. The lowest BCUT2D eigenvalue weighted by Gasteiger charge is -2.29. The molecule has 2 saturated heterocycles. The van der Waals surface area contributed by atoms with Gasteiger partial charge in [0.25, 0.3) is 5.91 Å². The molecule has 1 aromatic heterocycles. The molecular formula is C25H36N4O5. The third kappa shape index (κ3) is 7.53. The quantitative estimate of drug-likeness (QED) is 0.504. The number of carbonyl (C=O) groups is 1. The molecule has 1 aromatic carbocycles. The van der Waals surface area contributed by atoms with Crippen molar-refractivity contribution in [3.8, 4) is 5.75 Å². The van der Waals surface area contributed by atoms with Gasteiger partial charge in [0.2, 0.25) is 5.89 Å². The zero-order valence-corrected chi connectivity index (χ0v) is 20.0. The third-order valence-corrected chi connectivity index (χ3v) is 6.13. The minimum atomic E-state index is -0.225. The first kappa shape index (κ1) is 24.7. The van der Waals surface area contributed by atoms with Gasteiger partial charge in [-0.05, 0) is 37.5 Å². The van der Waals surface area contributed by atoms with Gasteiger partial charge in [-0.25, -0.2) is 4.98 Å². The van der Waals surface area contributed by atoms with Crippen LogP contribution in [0.4, 0.5) is 0 Å². The van der Waals surface area contributed by atoms with Crippen molar-refractivity contribution in [2.24, 2.45) is 0 Å². The van der Waals surface area contributed by atoms with Crippen molar-refractivity contribution in [3.05, 3.63) is 47.7 Å². The van der Waals surface area contributed by atoms with E-state index in [-0.39, 0.29) is 12.0 Å². The van der Waals surface area contributed by atoms with E-state index >= 15 is 0 Å². The molecule has 2 aliphatic rings. The van der Waals surface area contributed by atoms with E-state index in [9.17, 15) is 4.79 Å². The molecule has 186 valence electrons. The number of aromatic nitrogens is 1. The number of ether oxygens (including phenoxy) is 3. The van der Waals surface area contributed by atoms with E-state index in [1.807, 2.05) is 19.1 Å². The molecule has 0 spiro atoms. The molecule has 34 heavy (non-hydrogen) atoms. The van der Waals surface area contributed by atoms with Crippen LogP contribution in [0.15, 0.2) is 34.9 Å². The molecule has 3 heterocycles. The van der Waals surface area contributed by atoms with Crippen molar-refractivity contribution in [2.45, 2.75) is 39.0 Å². The molecule has 0 aliphatic carbocycles. The van der Waals surface area contributed by atoms with E-state index < -0.39 is 0 Å². The van der Waals surface area contributed by atoms with Gasteiger partial charge in [-0.3, -0.25) is 14.6 Å². The molecule has 2 fully saturated rings. The van der Waals surface area contributed by atoms with E-state index in [0.717, 1.165) is 71.1 Å². The summed E-state index contributed by atoms with van der Waals surface area (Å²) in [5.74, 6) is 1.18. The molecule has 1 amide bonds. The second-order valence-electron chi connectivity index (χ2n) is 8.71. The zero-order valence-electron chi connectivity index (χ0n) is 20.0. The monoisotopic (exact) mass is 472 g/mol. The molecule has 1 atom stereocenters. The Bertz CT molecular complexity index is 876. The number of nitrogens with zero attached hydrogens (tertiary/aromatic N) is 3. The molecular weight excluding hydrogens is 436 g/mol. The lowest BCUT2D eigenvalue weighted by Crippen LogP contribution is -2.41. The summed E-state index contributed by atoms with van der Waals surface area (Å²) < 4.78 is 22.3. The van der Waals surface area contributed by atoms with E-state index in [1.54, 1.807) is 0 Å². The van der Waals surface area contributed by atoms with E-state index in [2.05, 4.69) is 32.2 Å². The van der Waals surface area contributed by atoms with Crippen LogP contribution < -0.4 is 10.1 Å². The Balaban J connectivity index is 1.35. The fourth-order valence-corrected chi connectivity index (χ4v) is 4.22. The number of oxazole rings is 1. The van der Waals surface area contributed by atoms with E-state index in [1.165, 1.54) is 11.8 Å². The third-order valence-electron chi connectivity index (χ3n) is 6.13. The van der Waals surface area contributed by atoms with Gasteiger partial charge in [0.15, 0.2) is 5.69 Å². The Morgan fingerprint density at radius 1 is 1.21 bits per heavy atom. The standard InChI is InChI=1S/C25H36N4O5/c1-2-32-21-7-5-20(6-8-21)17-29(10-9-28-11-14-31-15-12-28)18-24-27-23(19-34-24)25(30)26-16-22-4-3-13-33-22/h5-8,19,22H,2-4,9-18H2,1H3,(H,26,30)/t22-/m1/s1. The highest BCUT2D eigenvalue weighted by molar-refractivity contribution is 5.91. The minimum Gasteiger partial charge on any atom is -0.494 e. The summed E-state index contributed by atoms with van der Waals surface area (Å²) in [5, 5.41) is 2.90. The Morgan fingerprint density at radius 3 is 2.76 bits per heavy atom. The Hall–Kier alpha value is -2.46. The van der Waals surface area contributed by atoms with Gasteiger partial charge in [0.1, 0.15) is 12.0 Å². The van der Waals surface area contributed by atoms with Crippen LogP contribution in [-0.2, 0) is 22.6 Å². The summed E-state index contributed by atoms with van der Waals surface area (Å²) in [5.41, 5.74) is 1.49. The molecule has 1 N–H and O–H groups in total. The summed E-state index contributed by atoms with van der Waals surface area (Å²) in [4.78, 5) is 21.6. The van der Waals surface area contributed by atoms with Gasteiger partial charge in [-0.2, -0.15) is 0 Å². The highest BCUT2D eigenvalue weighted by Crippen LogP contribution is 2.16. The highest BCUT2D eigenvalue weighted by Gasteiger charge is 2.20. The summed E-state index contributed by atoms with van der Waals surface area (Å²) in [7, 11) is 0. The van der Waals surface area contributed by atoms with E-state index in [4.69, 9.17) is 18.6 Å². The first-order valence-corrected chi connectivity index (χ1v) is 12.3. The second kappa shape index (κ2) is 12.9. The van der Waals surface area contributed by atoms with Gasteiger partial charge in [0.05, 0.1) is 32.5 Å². The van der Waals surface area contributed by atoms with Crippen LogP contribution >= 0.6 is 0 Å². The molecule has 0 unspecified atom stereocenters. The molecule has 9 heteroatoms. The van der Waals surface area contributed by atoms with Gasteiger partial charge < -0.3 is 23.9 Å². The number of benzene rings is 1. The van der Waals surface area contributed by atoms with Crippen LogP contribution in [0, 0.1) is 0 Å². The maximum atomic E-state index is 12.5. The second-order valence-corrected chi connectivity index (χ2v) is 8.71. The molecule has 9 nitrogen and oxygen atoms in total. The average molecular weight is 473 g/mol. The maximum absolute atomic E-state index is 12.5. The number of hydrogen-bond acceptors (Lipinski definition) is 8. The van der Waals surface area contributed by atoms with E-state index in [0.29, 0.717) is 31.3 Å². The molecule has 0 bridgehead atoms. The van der Waals surface area contributed by atoms with Gasteiger partial charge in [-0.1, -0.05) is 12.1 Å². The van der Waals surface area contributed by atoms with Crippen molar-refractivity contribution >= 4 is 5.91 Å². The highest BCUT2D eigenvalue weighted by atomic mass is 16.5. The van der Waals surface area contributed by atoms with Crippen LogP contribution in [0.25, 0.3) is 0 Å². The Labute approximate surface area is 201 Å². The molecule has 0 saturated carbocycles. The number of morpholine rings is 1. The van der Waals surface area contributed by atoms with Crippen LogP contribution in [0.5, 0.6) is 5.75 Å². The fraction of sp³-hybridized carbons (Fsp3) is 0.600. The average Bonchev–Trinajstić information content (AvgIpc) is 3.56. The van der Waals surface area contributed by atoms with Crippen LogP contribution in [0.1, 0.15) is 41.7 Å². The maximum Gasteiger partial charge on any atom is 0.273 e. The van der Waals surface area contributed by atoms with Crippen LogP contribution in [0.3, 0.4) is 0 Å². The van der Waals surface area contributed by atoms with Crippen molar-refractivity contribution < 1.29 is 23.4 Å². The van der Waals surface area contributed by atoms with Gasteiger partial charge in [-0.15, -0.1) is 0 Å². The van der Waals surface area contributed by atoms with Gasteiger partial charge >= 0.3 is 0 Å². The van der Waals surface area contributed by atoms with Gasteiger partial charge in [0, 0.05) is 45.9 Å². The smallest absolute Gasteiger partial charge is 0.273 e. The summed E-state index contributed by atoms with van der Waals surface area (Å²) >= 11 is 0. The first-order valence-electron chi connectivity index (χ1n) is 12.3. The Kier molecular flexibility index (Phi) is 9.32. The largest absolute Gasteiger partial charge is 0.494 e. The summed E-state index contributed by atoms with van der Waals surface area (Å²) in [6.45, 7) is 10.4. The van der Waals surface area contributed by atoms with Crippen molar-refractivity contribution in [1.82, 2.24) is 20.1 Å². The minimum absolute atomic E-state index is 0.0973. The lowest BCUT2D eigenvalue weighted by atomic mass is 10.2. The fourth-order valence-electron chi connectivity index (χ4n) is 4.22. The zero-order chi connectivity index (χ0) is 23.6. The number of nitrogens with one attached hydrogen (secondary N) is 1. The Morgan fingerprint density at radius 2 is 2.03 bits per heavy atom. The predicted molar refractivity (Wildman–Crippen MR) is 127 cm³/mol. The SMILES string of the molecule is CCOc1ccc(CN(CCN2CCOCC2)Cc2nc(C(=O)NC[C@H]3CCCO3)co2)cc1. The number of amides is 1. The van der Waals surface area contributed by atoms with Crippen LogP contribution in [-0.4, -0.2) is 85.9 Å². The van der Waals surface area contributed by atoms with Crippen molar-refractivity contribution in [1.29, 1.82) is 0 Å².